The van der Waals surface area contributed by atoms with Crippen LogP contribution in [0.5, 0.6) is 0 Å². The number of para-hydroxylation sites is 1. The zero-order chi connectivity index (χ0) is 14.1. The van der Waals surface area contributed by atoms with Crippen LogP contribution in [0.1, 0.15) is 12.5 Å². The number of aromatic nitrogens is 4. The predicted octanol–water partition coefficient (Wildman–Crippen LogP) is 1.28. The van der Waals surface area contributed by atoms with Gasteiger partial charge in [-0.05, 0) is 35.4 Å². The quantitative estimate of drug-likeness (QED) is 0.796. The van der Waals surface area contributed by atoms with Gasteiger partial charge in [-0.15, -0.1) is 5.10 Å². The van der Waals surface area contributed by atoms with Gasteiger partial charge in [-0.3, -0.25) is 4.79 Å². The van der Waals surface area contributed by atoms with Crippen molar-refractivity contribution in [3.63, 3.8) is 0 Å². The maximum atomic E-state index is 12.6. The standard InChI is InChI=1S/C13H15N5OS/c1-9(20-13-14-15-16-17(13)2)12(19)18-8-7-10-5-3-4-6-11(10)18/h3-6,9H,7-8H2,1-2H3/t9-/m1/s1. The van der Waals surface area contributed by atoms with Crippen LogP contribution < -0.4 is 4.90 Å². The first-order valence-electron chi connectivity index (χ1n) is 6.45. The van der Waals surface area contributed by atoms with E-state index in [9.17, 15) is 4.79 Å². The molecule has 1 aromatic carbocycles. The molecular formula is C13H15N5OS. The average molecular weight is 289 g/mol. The Morgan fingerprint density at radius 3 is 2.95 bits per heavy atom. The maximum absolute atomic E-state index is 12.6. The average Bonchev–Trinajstić information content (AvgIpc) is 3.05. The molecule has 7 heteroatoms. The van der Waals surface area contributed by atoms with Gasteiger partial charge in [-0.25, -0.2) is 4.68 Å². The van der Waals surface area contributed by atoms with E-state index < -0.39 is 0 Å². The molecule has 0 radical (unpaired) electrons. The fraction of sp³-hybridized carbons (Fsp3) is 0.385. The van der Waals surface area contributed by atoms with E-state index in [1.807, 2.05) is 30.0 Å². The van der Waals surface area contributed by atoms with Gasteiger partial charge in [0.15, 0.2) is 0 Å². The third kappa shape index (κ3) is 2.29. The summed E-state index contributed by atoms with van der Waals surface area (Å²) in [6, 6.07) is 8.06. The second-order valence-electron chi connectivity index (χ2n) is 4.71. The number of thioether (sulfide) groups is 1. The number of amides is 1. The number of rotatable bonds is 3. The predicted molar refractivity (Wildman–Crippen MR) is 76.6 cm³/mol. The molecule has 1 atom stereocenters. The Kier molecular flexibility index (Phi) is 3.43. The van der Waals surface area contributed by atoms with Crippen molar-refractivity contribution in [3.05, 3.63) is 29.8 Å². The molecule has 0 N–H and O–H groups in total. The summed E-state index contributed by atoms with van der Waals surface area (Å²) in [6.45, 7) is 2.64. The Balaban J connectivity index is 1.75. The largest absolute Gasteiger partial charge is 0.311 e. The molecular weight excluding hydrogens is 274 g/mol. The number of hydrogen-bond donors (Lipinski definition) is 0. The third-order valence-electron chi connectivity index (χ3n) is 3.36. The number of hydrogen-bond acceptors (Lipinski definition) is 5. The van der Waals surface area contributed by atoms with E-state index in [2.05, 4.69) is 21.6 Å². The van der Waals surface area contributed by atoms with Crippen LogP contribution in [-0.4, -0.2) is 37.9 Å². The maximum Gasteiger partial charge on any atom is 0.240 e. The normalized spacial score (nSPS) is 15.2. The SMILES string of the molecule is C[C@@H](Sc1nnnn1C)C(=O)N1CCc2ccccc21. The van der Waals surface area contributed by atoms with Crippen molar-refractivity contribution in [2.24, 2.45) is 7.05 Å². The minimum Gasteiger partial charge on any atom is -0.311 e. The molecule has 0 saturated carbocycles. The van der Waals surface area contributed by atoms with Crippen LogP contribution in [0.4, 0.5) is 5.69 Å². The van der Waals surface area contributed by atoms with E-state index >= 15 is 0 Å². The van der Waals surface area contributed by atoms with Crippen molar-refractivity contribution in [1.82, 2.24) is 20.2 Å². The first-order valence-corrected chi connectivity index (χ1v) is 7.33. The summed E-state index contributed by atoms with van der Waals surface area (Å²) < 4.78 is 1.58. The van der Waals surface area contributed by atoms with Gasteiger partial charge in [0, 0.05) is 19.3 Å². The van der Waals surface area contributed by atoms with Crippen molar-refractivity contribution < 1.29 is 4.79 Å². The van der Waals surface area contributed by atoms with Crippen molar-refractivity contribution in [1.29, 1.82) is 0 Å². The fourth-order valence-corrected chi connectivity index (χ4v) is 3.13. The summed E-state index contributed by atoms with van der Waals surface area (Å²) in [6.07, 6.45) is 0.921. The van der Waals surface area contributed by atoms with Gasteiger partial charge >= 0.3 is 0 Å². The van der Waals surface area contributed by atoms with E-state index in [0.717, 1.165) is 18.7 Å². The Morgan fingerprint density at radius 1 is 1.40 bits per heavy atom. The molecule has 6 nitrogen and oxygen atoms in total. The molecule has 2 aromatic rings. The summed E-state index contributed by atoms with van der Waals surface area (Å²) in [4.78, 5) is 14.4. The first kappa shape index (κ1) is 13.1. The van der Waals surface area contributed by atoms with Gasteiger partial charge in [0.25, 0.3) is 0 Å². The van der Waals surface area contributed by atoms with Crippen LogP contribution in [0, 0.1) is 0 Å². The Bertz CT molecular complexity index is 641. The number of carbonyl (C=O) groups is 1. The second kappa shape index (κ2) is 5.24. The van der Waals surface area contributed by atoms with E-state index in [-0.39, 0.29) is 11.2 Å². The number of anilines is 1. The number of benzene rings is 1. The minimum absolute atomic E-state index is 0.1000. The molecule has 1 amide bonds. The van der Waals surface area contributed by atoms with E-state index in [0.29, 0.717) is 5.16 Å². The molecule has 0 unspecified atom stereocenters. The summed E-state index contributed by atoms with van der Waals surface area (Å²) in [5.74, 6) is 0.1000. The van der Waals surface area contributed by atoms with Crippen LogP contribution >= 0.6 is 11.8 Å². The van der Waals surface area contributed by atoms with Crippen molar-refractivity contribution in [2.75, 3.05) is 11.4 Å². The highest BCUT2D eigenvalue weighted by molar-refractivity contribution is 8.00. The lowest BCUT2D eigenvalue weighted by Gasteiger charge is -2.20. The van der Waals surface area contributed by atoms with E-state index in [4.69, 9.17) is 0 Å². The molecule has 0 spiro atoms. The smallest absolute Gasteiger partial charge is 0.240 e. The Hall–Kier alpha value is -1.89. The fourth-order valence-electron chi connectivity index (χ4n) is 2.32. The summed E-state index contributed by atoms with van der Waals surface area (Å²) in [5, 5.41) is 11.7. The first-order chi connectivity index (χ1) is 9.66. The van der Waals surface area contributed by atoms with Crippen molar-refractivity contribution in [3.8, 4) is 0 Å². The number of aryl methyl sites for hydroxylation is 1. The number of tetrazole rings is 1. The van der Waals surface area contributed by atoms with Gasteiger partial charge in [0.1, 0.15) is 0 Å². The van der Waals surface area contributed by atoms with E-state index in [1.165, 1.54) is 17.3 Å². The molecule has 20 heavy (non-hydrogen) atoms. The van der Waals surface area contributed by atoms with Gasteiger partial charge in [0.2, 0.25) is 11.1 Å². The van der Waals surface area contributed by atoms with Crippen molar-refractivity contribution >= 4 is 23.4 Å². The third-order valence-corrected chi connectivity index (χ3v) is 4.48. The van der Waals surface area contributed by atoms with Crippen LogP contribution in [-0.2, 0) is 18.3 Å². The minimum atomic E-state index is -0.217. The monoisotopic (exact) mass is 289 g/mol. The molecule has 0 fully saturated rings. The van der Waals surface area contributed by atoms with Crippen LogP contribution in [0.15, 0.2) is 29.4 Å². The summed E-state index contributed by atoms with van der Waals surface area (Å²) in [5.41, 5.74) is 2.26. The number of fused-ring (bicyclic) bond motifs is 1. The van der Waals surface area contributed by atoms with Crippen LogP contribution in [0.3, 0.4) is 0 Å². The summed E-state index contributed by atoms with van der Waals surface area (Å²) in [7, 11) is 1.77. The Morgan fingerprint density at radius 2 is 2.20 bits per heavy atom. The molecule has 104 valence electrons. The molecule has 3 rings (SSSR count). The highest BCUT2D eigenvalue weighted by atomic mass is 32.2. The topological polar surface area (TPSA) is 63.9 Å². The molecule has 2 heterocycles. The van der Waals surface area contributed by atoms with Gasteiger partial charge < -0.3 is 4.90 Å². The lowest BCUT2D eigenvalue weighted by Crippen LogP contribution is -2.35. The highest BCUT2D eigenvalue weighted by Crippen LogP contribution is 2.30. The van der Waals surface area contributed by atoms with Crippen molar-refractivity contribution in [2.45, 2.75) is 23.8 Å². The lowest BCUT2D eigenvalue weighted by molar-refractivity contribution is -0.117. The molecule has 1 aliphatic rings. The lowest BCUT2D eigenvalue weighted by atomic mass is 10.2. The second-order valence-corrected chi connectivity index (χ2v) is 6.02. The molecule has 0 aliphatic carbocycles. The van der Waals surface area contributed by atoms with E-state index in [1.54, 1.807) is 11.7 Å². The Labute approximate surface area is 121 Å². The molecule has 0 bridgehead atoms. The number of nitrogens with zero attached hydrogens (tertiary/aromatic N) is 5. The summed E-state index contributed by atoms with van der Waals surface area (Å²) >= 11 is 1.38. The zero-order valence-electron chi connectivity index (χ0n) is 11.4. The molecule has 0 saturated heterocycles. The van der Waals surface area contributed by atoms with Gasteiger partial charge in [0.05, 0.1) is 5.25 Å². The molecule has 1 aromatic heterocycles. The van der Waals surface area contributed by atoms with Crippen LogP contribution in [0.2, 0.25) is 0 Å². The van der Waals surface area contributed by atoms with Crippen LogP contribution in [0.25, 0.3) is 0 Å². The highest BCUT2D eigenvalue weighted by Gasteiger charge is 2.29. The van der Waals surface area contributed by atoms with Gasteiger partial charge in [-0.1, -0.05) is 30.0 Å². The zero-order valence-corrected chi connectivity index (χ0v) is 12.2. The number of carbonyl (C=O) groups excluding carboxylic acids is 1. The molecule has 1 aliphatic heterocycles. The van der Waals surface area contributed by atoms with Gasteiger partial charge in [-0.2, -0.15) is 0 Å².